The average molecular weight is 200 g/mol. The molecule has 1 atom stereocenters. The van der Waals surface area contributed by atoms with E-state index < -0.39 is 0 Å². The number of hydrogen-bond donors (Lipinski definition) is 0. The second kappa shape index (κ2) is 9.04. The van der Waals surface area contributed by atoms with Crippen molar-refractivity contribution in [2.75, 3.05) is 0 Å². The van der Waals surface area contributed by atoms with Gasteiger partial charge in [0.05, 0.1) is 0 Å². The van der Waals surface area contributed by atoms with Crippen molar-refractivity contribution in [2.45, 2.75) is 71.8 Å². The van der Waals surface area contributed by atoms with Crippen LogP contribution in [-0.2, 0) is 9.53 Å². The van der Waals surface area contributed by atoms with Crippen molar-refractivity contribution < 1.29 is 9.53 Å². The molecule has 0 aromatic carbocycles. The van der Waals surface area contributed by atoms with Crippen molar-refractivity contribution in [3.8, 4) is 0 Å². The first-order valence-corrected chi connectivity index (χ1v) is 5.94. The quantitative estimate of drug-likeness (QED) is 0.511. The molecular weight excluding hydrogens is 176 g/mol. The molecule has 0 aliphatic carbocycles. The lowest BCUT2D eigenvalue weighted by Gasteiger charge is -2.01. The molecule has 1 aliphatic rings. The van der Waals surface area contributed by atoms with Crippen LogP contribution in [-0.4, -0.2) is 12.1 Å². The molecule has 1 aliphatic heterocycles. The lowest BCUT2D eigenvalue weighted by Crippen LogP contribution is -2.03. The van der Waals surface area contributed by atoms with Gasteiger partial charge in [-0.05, 0) is 12.8 Å². The van der Waals surface area contributed by atoms with E-state index in [2.05, 4.69) is 13.8 Å². The molecule has 0 aromatic rings. The predicted octanol–water partition coefficient (Wildman–Crippen LogP) is 3.69. The van der Waals surface area contributed by atoms with E-state index in [0.29, 0.717) is 6.42 Å². The Hall–Kier alpha value is -0.530. The maximum atomic E-state index is 10.4. The standard InChI is InChI=1S/C6H10O2.C6H14/c1-2-5-3-4-6(7)8-5;1-3-5-6-4-2/h5H,2-4H2,1H3;3-6H2,1-2H3. The Labute approximate surface area is 88.0 Å². The van der Waals surface area contributed by atoms with Crippen LogP contribution in [0.15, 0.2) is 0 Å². The summed E-state index contributed by atoms with van der Waals surface area (Å²) in [4.78, 5) is 10.4. The maximum Gasteiger partial charge on any atom is 0.306 e. The smallest absolute Gasteiger partial charge is 0.306 e. The molecule has 1 unspecified atom stereocenters. The van der Waals surface area contributed by atoms with Crippen molar-refractivity contribution >= 4 is 5.97 Å². The van der Waals surface area contributed by atoms with Crippen molar-refractivity contribution in [3.63, 3.8) is 0 Å². The molecule has 0 saturated carbocycles. The molecule has 14 heavy (non-hydrogen) atoms. The topological polar surface area (TPSA) is 26.3 Å². The van der Waals surface area contributed by atoms with Crippen LogP contribution in [0.4, 0.5) is 0 Å². The van der Waals surface area contributed by atoms with Crippen molar-refractivity contribution in [3.05, 3.63) is 0 Å². The first-order chi connectivity index (χ1) is 6.74. The summed E-state index contributed by atoms with van der Waals surface area (Å²) in [6.07, 6.45) is 8.27. The summed E-state index contributed by atoms with van der Waals surface area (Å²) in [7, 11) is 0. The number of rotatable bonds is 4. The highest BCUT2D eigenvalue weighted by molar-refractivity contribution is 5.71. The highest BCUT2D eigenvalue weighted by atomic mass is 16.5. The molecule has 2 nitrogen and oxygen atoms in total. The summed E-state index contributed by atoms with van der Waals surface area (Å²) >= 11 is 0. The Morgan fingerprint density at radius 3 is 2.00 bits per heavy atom. The Kier molecular flexibility index (Phi) is 8.70. The van der Waals surface area contributed by atoms with Gasteiger partial charge in [0.2, 0.25) is 0 Å². The maximum absolute atomic E-state index is 10.4. The molecular formula is C12H24O2. The Balaban J connectivity index is 0.000000255. The van der Waals surface area contributed by atoms with Crippen LogP contribution >= 0.6 is 0 Å². The fraction of sp³-hybridized carbons (Fsp3) is 0.917. The van der Waals surface area contributed by atoms with Gasteiger partial charge in [0.1, 0.15) is 6.10 Å². The van der Waals surface area contributed by atoms with Gasteiger partial charge >= 0.3 is 5.97 Å². The summed E-state index contributed by atoms with van der Waals surface area (Å²) in [6, 6.07) is 0. The molecule has 0 aromatic heterocycles. The van der Waals surface area contributed by atoms with E-state index in [-0.39, 0.29) is 12.1 Å². The first kappa shape index (κ1) is 13.5. The molecule has 0 radical (unpaired) electrons. The molecule has 1 rings (SSSR count). The van der Waals surface area contributed by atoms with Crippen molar-refractivity contribution in [1.29, 1.82) is 0 Å². The SMILES string of the molecule is CCC1CCC(=O)O1.CCCCCC. The van der Waals surface area contributed by atoms with Crippen LogP contribution in [0.2, 0.25) is 0 Å². The second-order valence-corrected chi connectivity index (χ2v) is 3.77. The van der Waals surface area contributed by atoms with E-state index in [1.165, 1.54) is 25.7 Å². The number of hydrogen-bond acceptors (Lipinski definition) is 2. The van der Waals surface area contributed by atoms with E-state index in [0.717, 1.165) is 12.8 Å². The van der Waals surface area contributed by atoms with Gasteiger partial charge in [0.15, 0.2) is 0 Å². The van der Waals surface area contributed by atoms with Gasteiger partial charge in [0, 0.05) is 6.42 Å². The van der Waals surface area contributed by atoms with E-state index in [1.54, 1.807) is 0 Å². The minimum atomic E-state index is -0.0307. The molecule has 0 amide bonds. The number of esters is 1. The van der Waals surface area contributed by atoms with Gasteiger partial charge in [0.25, 0.3) is 0 Å². The van der Waals surface area contributed by atoms with Crippen LogP contribution < -0.4 is 0 Å². The number of carbonyl (C=O) groups is 1. The fourth-order valence-corrected chi connectivity index (χ4v) is 1.37. The van der Waals surface area contributed by atoms with Crippen molar-refractivity contribution in [1.82, 2.24) is 0 Å². The molecule has 84 valence electrons. The van der Waals surface area contributed by atoms with Gasteiger partial charge in [-0.2, -0.15) is 0 Å². The van der Waals surface area contributed by atoms with Crippen LogP contribution in [0, 0.1) is 0 Å². The summed E-state index contributed by atoms with van der Waals surface area (Å²) in [5, 5.41) is 0. The average Bonchev–Trinajstić information content (AvgIpc) is 2.62. The Bertz CT molecular complexity index is 139. The highest BCUT2D eigenvalue weighted by Crippen LogP contribution is 2.15. The third-order valence-corrected chi connectivity index (χ3v) is 2.38. The monoisotopic (exact) mass is 200 g/mol. The first-order valence-electron chi connectivity index (χ1n) is 5.94. The Morgan fingerprint density at radius 1 is 1.21 bits per heavy atom. The van der Waals surface area contributed by atoms with Crippen LogP contribution in [0.5, 0.6) is 0 Å². The van der Waals surface area contributed by atoms with E-state index in [4.69, 9.17) is 4.74 Å². The highest BCUT2D eigenvalue weighted by Gasteiger charge is 2.20. The van der Waals surface area contributed by atoms with E-state index >= 15 is 0 Å². The number of carbonyl (C=O) groups excluding carboxylic acids is 1. The van der Waals surface area contributed by atoms with E-state index in [1.807, 2.05) is 6.92 Å². The Morgan fingerprint density at radius 2 is 1.79 bits per heavy atom. The third-order valence-electron chi connectivity index (χ3n) is 2.38. The summed E-state index contributed by atoms with van der Waals surface area (Å²) in [6.45, 7) is 6.49. The molecule has 1 fully saturated rings. The molecule has 0 N–H and O–H groups in total. The normalized spacial score (nSPS) is 19.9. The largest absolute Gasteiger partial charge is 0.462 e. The predicted molar refractivity (Wildman–Crippen MR) is 59.2 cm³/mol. The third kappa shape index (κ3) is 6.93. The number of ether oxygens (including phenoxy) is 1. The minimum Gasteiger partial charge on any atom is -0.462 e. The zero-order valence-electron chi connectivity index (χ0n) is 9.84. The van der Waals surface area contributed by atoms with Crippen LogP contribution in [0.3, 0.4) is 0 Å². The van der Waals surface area contributed by atoms with Gasteiger partial charge in [-0.1, -0.05) is 46.5 Å². The van der Waals surface area contributed by atoms with Crippen LogP contribution in [0.25, 0.3) is 0 Å². The van der Waals surface area contributed by atoms with Crippen LogP contribution in [0.1, 0.15) is 65.7 Å². The van der Waals surface area contributed by atoms with E-state index in [9.17, 15) is 4.79 Å². The molecule has 2 heteroatoms. The summed E-state index contributed by atoms with van der Waals surface area (Å²) in [5.74, 6) is -0.0307. The zero-order chi connectivity index (χ0) is 10.8. The zero-order valence-corrected chi connectivity index (χ0v) is 9.84. The van der Waals surface area contributed by atoms with Gasteiger partial charge in [-0.15, -0.1) is 0 Å². The lowest BCUT2D eigenvalue weighted by molar-refractivity contribution is -0.141. The summed E-state index contributed by atoms with van der Waals surface area (Å²) < 4.78 is 4.87. The molecule has 0 bridgehead atoms. The molecule has 0 spiro atoms. The number of unbranched alkanes of at least 4 members (excludes halogenated alkanes) is 3. The number of cyclic esters (lactones) is 1. The second-order valence-electron chi connectivity index (χ2n) is 3.77. The van der Waals surface area contributed by atoms with Gasteiger partial charge < -0.3 is 4.74 Å². The van der Waals surface area contributed by atoms with Gasteiger partial charge in [-0.3, -0.25) is 4.79 Å². The molecule has 1 saturated heterocycles. The molecule has 1 heterocycles. The van der Waals surface area contributed by atoms with Gasteiger partial charge in [-0.25, -0.2) is 0 Å². The fourth-order valence-electron chi connectivity index (χ4n) is 1.37. The summed E-state index contributed by atoms with van der Waals surface area (Å²) in [5.41, 5.74) is 0. The van der Waals surface area contributed by atoms with Crippen molar-refractivity contribution in [2.24, 2.45) is 0 Å². The minimum absolute atomic E-state index is 0.0307. The lowest BCUT2D eigenvalue weighted by atomic mass is 10.2.